The molecule has 3 aromatic rings. The predicted molar refractivity (Wildman–Crippen MR) is 132 cm³/mol. The second kappa shape index (κ2) is 11.1. The minimum absolute atomic E-state index is 0.00786. The minimum Gasteiger partial charge on any atom is -0.476 e. The van der Waals surface area contributed by atoms with E-state index >= 15 is 0 Å². The number of nitrogens with one attached hydrogen (secondary N) is 2. The number of carboxylic acid groups (broad SMARTS) is 1. The number of amides is 2. The molecule has 0 aliphatic heterocycles. The van der Waals surface area contributed by atoms with Crippen LogP contribution in [0.3, 0.4) is 0 Å². The summed E-state index contributed by atoms with van der Waals surface area (Å²) in [5.74, 6) is -1.29. The first-order valence-electron chi connectivity index (χ1n) is 11.5. The zero-order valence-electron chi connectivity index (χ0n) is 19.3. The molecule has 0 saturated carbocycles. The van der Waals surface area contributed by atoms with E-state index in [1.165, 1.54) is 27.8 Å². The van der Waals surface area contributed by atoms with Crippen molar-refractivity contribution in [1.29, 1.82) is 0 Å². The normalized spacial score (nSPS) is 12.9. The lowest BCUT2D eigenvalue weighted by Gasteiger charge is -2.19. The molecule has 1 unspecified atom stereocenters. The number of carboxylic acids is 1. The van der Waals surface area contributed by atoms with Crippen LogP contribution >= 0.6 is 11.3 Å². The molecule has 0 radical (unpaired) electrons. The Kier molecular flexibility index (Phi) is 7.77. The number of aromatic nitrogens is 1. The summed E-state index contributed by atoms with van der Waals surface area (Å²) >= 11 is 1.18. The summed E-state index contributed by atoms with van der Waals surface area (Å²) in [5.41, 5.74) is 4.62. The van der Waals surface area contributed by atoms with Gasteiger partial charge in [0, 0.05) is 23.8 Å². The van der Waals surface area contributed by atoms with Gasteiger partial charge in [0.05, 0.1) is 6.54 Å². The van der Waals surface area contributed by atoms with E-state index in [2.05, 4.69) is 39.9 Å². The van der Waals surface area contributed by atoms with Gasteiger partial charge in [0.2, 0.25) is 5.91 Å². The maximum atomic E-state index is 12.5. The standard InChI is InChI=1S/C26H27N3O5S/c1-2-16(11-12-23(30)27-13-24-29-22(15-35-24)25(31)32)28-26(33)34-14-21-19-9-5-3-7-17(19)18-8-4-6-10-20(18)21/h3-10,15-16,21H,2,11-14H2,1H3,(H,27,30)(H,28,33)(H,31,32). The topological polar surface area (TPSA) is 118 Å². The molecule has 1 atom stereocenters. The average Bonchev–Trinajstić information content (AvgIpc) is 3.47. The van der Waals surface area contributed by atoms with Gasteiger partial charge in [0.15, 0.2) is 5.69 Å². The number of alkyl carbamates (subject to hydrolysis) is 1. The van der Waals surface area contributed by atoms with E-state index < -0.39 is 12.1 Å². The molecule has 182 valence electrons. The van der Waals surface area contributed by atoms with Crippen molar-refractivity contribution in [2.24, 2.45) is 0 Å². The summed E-state index contributed by atoms with van der Waals surface area (Å²) < 4.78 is 5.60. The maximum Gasteiger partial charge on any atom is 0.407 e. The molecule has 1 aromatic heterocycles. The van der Waals surface area contributed by atoms with E-state index in [4.69, 9.17) is 9.84 Å². The van der Waals surface area contributed by atoms with Gasteiger partial charge in [-0.3, -0.25) is 4.79 Å². The SMILES string of the molecule is CCC(CCC(=O)NCc1nc(C(=O)O)cs1)NC(=O)OCC1c2ccccc2-c2ccccc21. The van der Waals surface area contributed by atoms with Crippen molar-refractivity contribution in [2.45, 2.75) is 44.7 Å². The lowest BCUT2D eigenvalue weighted by Crippen LogP contribution is -2.36. The predicted octanol–water partition coefficient (Wildman–Crippen LogP) is 4.56. The average molecular weight is 494 g/mol. The second-order valence-electron chi connectivity index (χ2n) is 8.32. The van der Waals surface area contributed by atoms with E-state index in [0.29, 0.717) is 17.8 Å². The smallest absolute Gasteiger partial charge is 0.407 e. The van der Waals surface area contributed by atoms with Crippen molar-refractivity contribution in [3.63, 3.8) is 0 Å². The molecule has 1 heterocycles. The van der Waals surface area contributed by atoms with Gasteiger partial charge in [-0.05, 0) is 35.1 Å². The molecule has 0 spiro atoms. The van der Waals surface area contributed by atoms with Crippen molar-refractivity contribution in [3.8, 4) is 11.1 Å². The number of nitrogens with zero attached hydrogens (tertiary/aromatic N) is 1. The first-order chi connectivity index (χ1) is 17.0. The second-order valence-corrected chi connectivity index (χ2v) is 9.26. The van der Waals surface area contributed by atoms with Crippen LogP contribution in [-0.4, -0.2) is 40.7 Å². The molecule has 8 nitrogen and oxygen atoms in total. The lowest BCUT2D eigenvalue weighted by atomic mass is 9.98. The van der Waals surface area contributed by atoms with E-state index in [1.54, 1.807) is 0 Å². The Balaban J connectivity index is 1.24. The van der Waals surface area contributed by atoms with Crippen LogP contribution in [0.2, 0.25) is 0 Å². The number of hydrogen-bond donors (Lipinski definition) is 3. The summed E-state index contributed by atoms with van der Waals surface area (Å²) in [6.07, 6.45) is 0.846. The molecule has 2 aromatic carbocycles. The highest BCUT2D eigenvalue weighted by Gasteiger charge is 2.29. The molecule has 3 N–H and O–H groups in total. The van der Waals surface area contributed by atoms with E-state index in [1.807, 2.05) is 31.2 Å². The molecule has 4 rings (SSSR count). The monoisotopic (exact) mass is 493 g/mol. The van der Waals surface area contributed by atoms with Crippen LogP contribution in [0.5, 0.6) is 0 Å². The summed E-state index contributed by atoms with van der Waals surface area (Å²) in [6.45, 7) is 2.35. The third kappa shape index (κ3) is 5.86. The third-order valence-corrected chi connectivity index (χ3v) is 6.93. The Labute approximate surface area is 207 Å². The molecule has 0 fully saturated rings. The van der Waals surface area contributed by atoms with Crippen LogP contribution in [-0.2, 0) is 16.1 Å². The number of hydrogen-bond acceptors (Lipinski definition) is 6. The van der Waals surface area contributed by atoms with Crippen LogP contribution in [0, 0.1) is 0 Å². The molecule has 9 heteroatoms. The highest BCUT2D eigenvalue weighted by atomic mass is 32.1. The summed E-state index contributed by atoms with van der Waals surface area (Å²) in [6, 6.07) is 16.1. The van der Waals surface area contributed by atoms with Gasteiger partial charge in [0.25, 0.3) is 0 Å². The number of thiazole rings is 1. The van der Waals surface area contributed by atoms with Crippen LogP contribution in [0.25, 0.3) is 11.1 Å². The first-order valence-corrected chi connectivity index (χ1v) is 12.4. The van der Waals surface area contributed by atoms with Gasteiger partial charge >= 0.3 is 12.1 Å². The Morgan fingerprint density at radius 1 is 1.09 bits per heavy atom. The summed E-state index contributed by atoms with van der Waals surface area (Å²) in [5, 5.41) is 16.5. The molecule has 2 amide bonds. The zero-order valence-corrected chi connectivity index (χ0v) is 20.1. The third-order valence-electron chi connectivity index (χ3n) is 6.09. The van der Waals surface area contributed by atoms with Crippen molar-refractivity contribution in [2.75, 3.05) is 6.61 Å². The van der Waals surface area contributed by atoms with E-state index in [0.717, 1.165) is 11.1 Å². The molecule has 1 aliphatic carbocycles. The molecule has 1 aliphatic rings. The Bertz CT molecular complexity index is 1180. The lowest BCUT2D eigenvalue weighted by molar-refractivity contribution is -0.121. The van der Waals surface area contributed by atoms with Crippen molar-refractivity contribution >= 4 is 29.3 Å². The number of aromatic carboxylic acids is 1. The maximum absolute atomic E-state index is 12.5. The highest BCUT2D eigenvalue weighted by molar-refractivity contribution is 7.09. The van der Waals surface area contributed by atoms with Crippen molar-refractivity contribution in [1.82, 2.24) is 15.6 Å². The molecular formula is C26H27N3O5S. The van der Waals surface area contributed by atoms with Gasteiger partial charge < -0.3 is 20.5 Å². The number of fused-ring (bicyclic) bond motifs is 3. The Hall–Kier alpha value is -3.72. The van der Waals surface area contributed by atoms with Gasteiger partial charge in [0.1, 0.15) is 11.6 Å². The number of benzene rings is 2. The van der Waals surface area contributed by atoms with Crippen molar-refractivity contribution in [3.05, 3.63) is 75.7 Å². The van der Waals surface area contributed by atoms with E-state index in [-0.39, 0.29) is 43.1 Å². The molecule has 0 bridgehead atoms. The Morgan fingerprint density at radius 3 is 2.34 bits per heavy atom. The van der Waals surface area contributed by atoms with Gasteiger partial charge in [-0.1, -0.05) is 55.5 Å². The van der Waals surface area contributed by atoms with Crippen LogP contribution in [0.15, 0.2) is 53.9 Å². The minimum atomic E-state index is -1.09. The molecule has 35 heavy (non-hydrogen) atoms. The van der Waals surface area contributed by atoms with Crippen LogP contribution in [0.4, 0.5) is 4.79 Å². The van der Waals surface area contributed by atoms with Crippen LogP contribution < -0.4 is 10.6 Å². The van der Waals surface area contributed by atoms with E-state index in [9.17, 15) is 14.4 Å². The number of rotatable bonds is 10. The highest BCUT2D eigenvalue weighted by Crippen LogP contribution is 2.44. The van der Waals surface area contributed by atoms with Gasteiger partial charge in [-0.2, -0.15) is 0 Å². The fraction of sp³-hybridized carbons (Fsp3) is 0.308. The Morgan fingerprint density at radius 2 is 1.74 bits per heavy atom. The van der Waals surface area contributed by atoms with Gasteiger partial charge in [-0.15, -0.1) is 11.3 Å². The molecule has 0 saturated heterocycles. The number of carbonyl (C=O) groups is 3. The number of ether oxygens (including phenoxy) is 1. The first kappa shape index (κ1) is 24.4. The summed E-state index contributed by atoms with van der Waals surface area (Å²) in [4.78, 5) is 39.6. The molecular weight excluding hydrogens is 466 g/mol. The number of carbonyl (C=O) groups excluding carboxylic acids is 2. The fourth-order valence-corrected chi connectivity index (χ4v) is 4.95. The van der Waals surface area contributed by atoms with Gasteiger partial charge in [-0.25, -0.2) is 14.6 Å². The largest absolute Gasteiger partial charge is 0.476 e. The zero-order chi connectivity index (χ0) is 24.8. The van der Waals surface area contributed by atoms with Crippen LogP contribution in [0.1, 0.15) is 58.7 Å². The summed E-state index contributed by atoms with van der Waals surface area (Å²) in [7, 11) is 0. The fourth-order valence-electron chi connectivity index (χ4n) is 4.24. The van der Waals surface area contributed by atoms with Crippen molar-refractivity contribution < 1.29 is 24.2 Å². The quantitative estimate of drug-likeness (QED) is 0.381.